The van der Waals surface area contributed by atoms with Gasteiger partial charge >= 0.3 is 0 Å². The van der Waals surface area contributed by atoms with Gasteiger partial charge in [-0.15, -0.1) is 0 Å². The van der Waals surface area contributed by atoms with Crippen molar-refractivity contribution in [1.82, 2.24) is 0 Å². The zero-order valence-corrected chi connectivity index (χ0v) is 8.99. The lowest BCUT2D eigenvalue weighted by atomic mass is 9.84. The van der Waals surface area contributed by atoms with Gasteiger partial charge in [-0.05, 0) is 30.8 Å². The highest BCUT2D eigenvalue weighted by atomic mass is 19.2. The summed E-state index contributed by atoms with van der Waals surface area (Å²) in [4.78, 5) is 0. The van der Waals surface area contributed by atoms with Crippen LogP contribution < -0.4 is 0 Å². The SMILES string of the molecule is CCC1=C(F)C(C2CC2)=C(F)C(F)C1C. The molecule has 0 aromatic heterocycles. The highest BCUT2D eigenvalue weighted by Gasteiger charge is 2.41. The van der Waals surface area contributed by atoms with Gasteiger partial charge in [0.25, 0.3) is 0 Å². The highest BCUT2D eigenvalue weighted by Crippen LogP contribution is 2.49. The minimum atomic E-state index is -1.64. The normalized spacial score (nSPS) is 32.6. The largest absolute Gasteiger partial charge is 0.239 e. The maximum atomic E-state index is 13.9. The molecule has 2 rings (SSSR count). The van der Waals surface area contributed by atoms with Crippen LogP contribution in [0.25, 0.3) is 0 Å². The summed E-state index contributed by atoms with van der Waals surface area (Å²) >= 11 is 0. The predicted molar refractivity (Wildman–Crippen MR) is 53.3 cm³/mol. The minimum Gasteiger partial charge on any atom is -0.239 e. The topological polar surface area (TPSA) is 0 Å². The standard InChI is InChI=1S/C12H15F3/c1-3-8-6(2)10(13)12(15)9(11(8)14)7-4-5-7/h6-7,10H,3-5H2,1-2H3. The van der Waals surface area contributed by atoms with E-state index in [4.69, 9.17) is 0 Å². The first kappa shape index (κ1) is 10.8. The van der Waals surface area contributed by atoms with Crippen LogP contribution in [0.2, 0.25) is 0 Å². The molecule has 2 unspecified atom stereocenters. The van der Waals surface area contributed by atoms with Crippen molar-refractivity contribution in [2.45, 2.75) is 39.3 Å². The van der Waals surface area contributed by atoms with Gasteiger partial charge in [0.15, 0.2) is 6.17 Å². The zero-order valence-electron chi connectivity index (χ0n) is 8.99. The van der Waals surface area contributed by atoms with Crippen LogP contribution in [-0.2, 0) is 0 Å². The number of hydrogen-bond donors (Lipinski definition) is 0. The van der Waals surface area contributed by atoms with Gasteiger partial charge < -0.3 is 0 Å². The molecule has 15 heavy (non-hydrogen) atoms. The summed E-state index contributed by atoms with van der Waals surface area (Å²) in [6, 6.07) is 0. The van der Waals surface area contributed by atoms with Crippen LogP contribution in [0.4, 0.5) is 13.2 Å². The first-order chi connectivity index (χ1) is 7.07. The molecule has 0 nitrogen and oxygen atoms in total. The van der Waals surface area contributed by atoms with Crippen LogP contribution in [0, 0.1) is 11.8 Å². The van der Waals surface area contributed by atoms with E-state index >= 15 is 0 Å². The molecule has 2 aliphatic rings. The number of rotatable bonds is 2. The summed E-state index contributed by atoms with van der Waals surface area (Å²) < 4.78 is 41.1. The molecule has 3 heteroatoms. The van der Waals surface area contributed by atoms with E-state index in [1.807, 2.05) is 0 Å². The Morgan fingerprint density at radius 3 is 2.33 bits per heavy atom. The predicted octanol–water partition coefficient (Wildman–Crippen LogP) is 4.24. The van der Waals surface area contributed by atoms with Crippen LogP contribution in [0.5, 0.6) is 0 Å². The Bertz CT molecular complexity index is 337. The van der Waals surface area contributed by atoms with E-state index in [-0.39, 0.29) is 11.5 Å². The third-order valence-corrected chi connectivity index (χ3v) is 3.37. The van der Waals surface area contributed by atoms with Gasteiger partial charge in [-0.25, -0.2) is 13.2 Å². The van der Waals surface area contributed by atoms with Crippen LogP contribution in [0.1, 0.15) is 33.1 Å². The fraction of sp³-hybridized carbons (Fsp3) is 0.667. The second kappa shape index (κ2) is 3.69. The van der Waals surface area contributed by atoms with E-state index in [2.05, 4.69) is 0 Å². The number of alkyl halides is 1. The highest BCUT2D eigenvalue weighted by molar-refractivity contribution is 5.43. The van der Waals surface area contributed by atoms with Crippen LogP contribution in [-0.4, -0.2) is 6.17 Å². The van der Waals surface area contributed by atoms with Crippen molar-refractivity contribution in [3.05, 3.63) is 22.8 Å². The smallest absolute Gasteiger partial charge is 0.158 e. The third-order valence-electron chi connectivity index (χ3n) is 3.37. The zero-order chi connectivity index (χ0) is 11.2. The molecule has 1 saturated carbocycles. The van der Waals surface area contributed by atoms with E-state index in [1.54, 1.807) is 13.8 Å². The summed E-state index contributed by atoms with van der Waals surface area (Å²) in [7, 11) is 0. The molecule has 2 atom stereocenters. The molecule has 0 amide bonds. The molecule has 0 N–H and O–H groups in total. The van der Waals surface area contributed by atoms with E-state index in [1.165, 1.54) is 0 Å². The second-order valence-electron chi connectivity index (χ2n) is 4.42. The number of allylic oxidation sites excluding steroid dienone is 4. The van der Waals surface area contributed by atoms with Crippen molar-refractivity contribution in [1.29, 1.82) is 0 Å². The van der Waals surface area contributed by atoms with Gasteiger partial charge in [0.05, 0.1) is 0 Å². The summed E-state index contributed by atoms with van der Waals surface area (Å²) in [6.07, 6.45) is 0.384. The van der Waals surface area contributed by atoms with Crippen molar-refractivity contribution < 1.29 is 13.2 Å². The van der Waals surface area contributed by atoms with E-state index in [0.29, 0.717) is 12.0 Å². The third kappa shape index (κ3) is 1.62. The van der Waals surface area contributed by atoms with Crippen LogP contribution >= 0.6 is 0 Å². The van der Waals surface area contributed by atoms with Crippen molar-refractivity contribution >= 4 is 0 Å². The van der Waals surface area contributed by atoms with E-state index < -0.39 is 23.7 Å². The summed E-state index contributed by atoms with van der Waals surface area (Å²) in [6.45, 7) is 3.33. The lowest BCUT2D eigenvalue weighted by molar-refractivity contribution is 0.247. The molecular weight excluding hydrogens is 201 g/mol. The quantitative estimate of drug-likeness (QED) is 0.647. The van der Waals surface area contributed by atoms with Crippen molar-refractivity contribution in [2.24, 2.45) is 11.8 Å². The molecule has 0 heterocycles. The first-order valence-electron chi connectivity index (χ1n) is 5.50. The lowest BCUT2D eigenvalue weighted by Crippen LogP contribution is -2.23. The van der Waals surface area contributed by atoms with E-state index in [9.17, 15) is 13.2 Å². The first-order valence-corrected chi connectivity index (χ1v) is 5.50. The summed E-state index contributed by atoms with van der Waals surface area (Å²) in [5, 5.41) is 0. The Morgan fingerprint density at radius 1 is 1.27 bits per heavy atom. The molecular formula is C12H15F3. The van der Waals surface area contributed by atoms with Crippen LogP contribution in [0.3, 0.4) is 0 Å². The molecule has 0 aromatic rings. The van der Waals surface area contributed by atoms with Gasteiger partial charge in [-0.1, -0.05) is 13.8 Å². The van der Waals surface area contributed by atoms with Gasteiger partial charge in [0.1, 0.15) is 11.7 Å². The average molecular weight is 216 g/mol. The molecule has 0 radical (unpaired) electrons. The van der Waals surface area contributed by atoms with Crippen molar-refractivity contribution in [3.8, 4) is 0 Å². The molecule has 0 bridgehead atoms. The second-order valence-corrected chi connectivity index (χ2v) is 4.42. The molecule has 0 saturated heterocycles. The monoisotopic (exact) mass is 216 g/mol. The van der Waals surface area contributed by atoms with Gasteiger partial charge in [-0.3, -0.25) is 0 Å². The molecule has 0 aromatic carbocycles. The van der Waals surface area contributed by atoms with Gasteiger partial charge in [0.2, 0.25) is 0 Å². The number of hydrogen-bond acceptors (Lipinski definition) is 0. The Labute approximate surface area is 87.9 Å². The maximum absolute atomic E-state index is 13.9. The van der Waals surface area contributed by atoms with Crippen molar-refractivity contribution in [3.63, 3.8) is 0 Å². The summed E-state index contributed by atoms with van der Waals surface area (Å²) in [5.74, 6) is -2.06. The van der Waals surface area contributed by atoms with E-state index in [0.717, 1.165) is 12.8 Å². The Balaban J connectivity index is 2.45. The average Bonchev–Trinajstić information content (AvgIpc) is 3.00. The molecule has 84 valence electrons. The van der Waals surface area contributed by atoms with Crippen LogP contribution in [0.15, 0.2) is 22.8 Å². The van der Waals surface area contributed by atoms with Gasteiger partial charge in [0, 0.05) is 11.5 Å². The molecule has 0 aliphatic heterocycles. The van der Waals surface area contributed by atoms with Crippen molar-refractivity contribution in [2.75, 3.05) is 0 Å². The Hall–Kier alpha value is -0.730. The maximum Gasteiger partial charge on any atom is 0.158 e. The summed E-state index contributed by atoms with van der Waals surface area (Å²) in [5.41, 5.74) is 0.461. The minimum absolute atomic E-state index is 0.0254. The number of halogens is 3. The van der Waals surface area contributed by atoms with Gasteiger partial charge in [-0.2, -0.15) is 0 Å². The lowest BCUT2D eigenvalue weighted by Gasteiger charge is -2.26. The fourth-order valence-electron chi connectivity index (χ4n) is 2.25. The Kier molecular flexibility index (Phi) is 2.65. The molecule has 0 spiro atoms. The molecule has 2 aliphatic carbocycles. The Morgan fingerprint density at radius 2 is 1.87 bits per heavy atom. The molecule has 1 fully saturated rings. The fourth-order valence-corrected chi connectivity index (χ4v) is 2.25.